The van der Waals surface area contributed by atoms with Crippen LogP contribution >= 0.6 is 0 Å². The van der Waals surface area contributed by atoms with Gasteiger partial charge in [-0.2, -0.15) is 0 Å². The Labute approximate surface area is 123 Å². The fraction of sp³-hybridized carbons (Fsp3) is 0.188. The van der Waals surface area contributed by atoms with Crippen LogP contribution in [0.25, 0.3) is 0 Å². The lowest BCUT2D eigenvalue weighted by molar-refractivity contribution is -0.118. The van der Waals surface area contributed by atoms with Crippen molar-refractivity contribution in [2.45, 2.75) is 6.92 Å². The number of amides is 1. The molecule has 0 radical (unpaired) electrons. The molecular weight excluding hydrogens is 268 g/mol. The molecule has 3 N–H and O–H groups in total. The number of methoxy groups -OCH3 is 1. The average Bonchev–Trinajstić information content (AvgIpc) is 2.48. The van der Waals surface area contributed by atoms with E-state index >= 15 is 0 Å². The largest absolute Gasteiger partial charge is 0.497 e. The van der Waals surface area contributed by atoms with Crippen molar-refractivity contribution in [3.63, 3.8) is 0 Å². The van der Waals surface area contributed by atoms with Gasteiger partial charge in [0.25, 0.3) is 5.91 Å². The highest BCUT2D eigenvalue weighted by molar-refractivity contribution is 5.95. The van der Waals surface area contributed by atoms with E-state index in [0.717, 1.165) is 5.56 Å². The van der Waals surface area contributed by atoms with Crippen LogP contribution in [0.15, 0.2) is 42.5 Å². The van der Waals surface area contributed by atoms with Crippen molar-refractivity contribution in [1.82, 2.24) is 0 Å². The molecule has 2 aromatic carbocycles. The summed E-state index contributed by atoms with van der Waals surface area (Å²) in [5.41, 5.74) is 7.95. The SMILES string of the molecule is COc1ccc(NC(=O)COc2ccc(C)cc2)c(N)c1. The van der Waals surface area contributed by atoms with Gasteiger partial charge < -0.3 is 20.5 Å². The monoisotopic (exact) mass is 286 g/mol. The van der Waals surface area contributed by atoms with Gasteiger partial charge >= 0.3 is 0 Å². The zero-order valence-electron chi connectivity index (χ0n) is 12.1. The summed E-state index contributed by atoms with van der Waals surface area (Å²) in [4.78, 5) is 11.8. The second kappa shape index (κ2) is 6.65. The summed E-state index contributed by atoms with van der Waals surface area (Å²) < 4.78 is 10.5. The number of nitrogens with two attached hydrogens (primary N) is 1. The number of hydrogen-bond acceptors (Lipinski definition) is 4. The maximum absolute atomic E-state index is 11.8. The number of aryl methyl sites for hydroxylation is 1. The lowest BCUT2D eigenvalue weighted by atomic mass is 10.2. The van der Waals surface area contributed by atoms with Gasteiger partial charge in [-0.1, -0.05) is 17.7 Å². The highest BCUT2D eigenvalue weighted by Crippen LogP contribution is 2.23. The minimum absolute atomic E-state index is 0.0749. The quantitative estimate of drug-likeness (QED) is 0.829. The fourth-order valence-corrected chi connectivity index (χ4v) is 1.75. The summed E-state index contributed by atoms with van der Waals surface area (Å²) in [6.07, 6.45) is 0. The Morgan fingerprint density at radius 1 is 1.14 bits per heavy atom. The number of hydrogen-bond donors (Lipinski definition) is 2. The molecule has 21 heavy (non-hydrogen) atoms. The highest BCUT2D eigenvalue weighted by Gasteiger charge is 2.07. The van der Waals surface area contributed by atoms with Crippen LogP contribution in [0.3, 0.4) is 0 Å². The molecule has 5 heteroatoms. The Morgan fingerprint density at radius 3 is 2.43 bits per heavy atom. The molecule has 1 amide bonds. The third-order valence-corrected chi connectivity index (χ3v) is 2.92. The van der Waals surface area contributed by atoms with Crippen molar-refractivity contribution in [1.29, 1.82) is 0 Å². The second-order valence-electron chi connectivity index (χ2n) is 4.60. The van der Waals surface area contributed by atoms with Gasteiger partial charge in [-0.15, -0.1) is 0 Å². The maximum Gasteiger partial charge on any atom is 0.262 e. The molecule has 110 valence electrons. The number of anilines is 2. The first-order chi connectivity index (χ1) is 10.1. The van der Waals surface area contributed by atoms with Crippen molar-refractivity contribution in [3.05, 3.63) is 48.0 Å². The molecule has 0 heterocycles. The zero-order chi connectivity index (χ0) is 15.2. The molecule has 2 rings (SSSR count). The van der Waals surface area contributed by atoms with Crippen LogP contribution in [0.4, 0.5) is 11.4 Å². The third kappa shape index (κ3) is 4.14. The van der Waals surface area contributed by atoms with Gasteiger partial charge in [0.05, 0.1) is 18.5 Å². The van der Waals surface area contributed by atoms with Crippen LogP contribution < -0.4 is 20.5 Å². The molecule has 0 atom stereocenters. The Balaban J connectivity index is 1.91. The fourth-order valence-electron chi connectivity index (χ4n) is 1.75. The van der Waals surface area contributed by atoms with Gasteiger partial charge in [0.15, 0.2) is 6.61 Å². The summed E-state index contributed by atoms with van der Waals surface area (Å²) in [5.74, 6) is 1.02. The van der Waals surface area contributed by atoms with Crippen LogP contribution in [0.2, 0.25) is 0 Å². The predicted molar refractivity (Wildman–Crippen MR) is 82.7 cm³/mol. The van der Waals surface area contributed by atoms with Gasteiger partial charge in [-0.25, -0.2) is 0 Å². The van der Waals surface area contributed by atoms with Crippen LogP contribution in [-0.4, -0.2) is 19.6 Å². The van der Waals surface area contributed by atoms with E-state index in [1.807, 2.05) is 31.2 Å². The molecule has 0 unspecified atom stereocenters. The summed E-state index contributed by atoms with van der Waals surface area (Å²) in [6.45, 7) is 1.91. The Bertz CT molecular complexity index is 624. The molecule has 0 saturated carbocycles. The van der Waals surface area contributed by atoms with E-state index in [4.69, 9.17) is 15.2 Å². The highest BCUT2D eigenvalue weighted by atomic mass is 16.5. The van der Waals surface area contributed by atoms with E-state index in [1.165, 1.54) is 0 Å². The first kappa shape index (κ1) is 14.7. The molecule has 5 nitrogen and oxygen atoms in total. The molecule has 0 fully saturated rings. The van der Waals surface area contributed by atoms with Gasteiger partial charge in [0, 0.05) is 6.07 Å². The van der Waals surface area contributed by atoms with Gasteiger partial charge in [0.2, 0.25) is 0 Å². The lowest BCUT2D eigenvalue weighted by Crippen LogP contribution is -2.20. The van der Waals surface area contributed by atoms with Gasteiger partial charge in [-0.3, -0.25) is 4.79 Å². The van der Waals surface area contributed by atoms with Gasteiger partial charge in [0.1, 0.15) is 11.5 Å². The molecule has 0 aliphatic rings. The van der Waals surface area contributed by atoms with Crippen molar-refractivity contribution in [3.8, 4) is 11.5 Å². The molecule has 0 aromatic heterocycles. The van der Waals surface area contributed by atoms with E-state index in [-0.39, 0.29) is 12.5 Å². The minimum Gasteiger partial charge on any atom is -0.497 e. The first-order valence-electron chi connectivity index (χ1n) is 6.51. The summed E-state index contributed by atoms with van der Waals surface area (Å²) >= 11 is 0. The van der Waals surface area contributed by atoms with Gasteiger partial charge in [-0.05, 0) is 31.2 Å². The van der Waals surface area contributed by atoms with Crippen molar-refractivity contribution in [2.75, 3.05) is 24.8 Å². The van der Waals surface area contributed by atoms with E-state index < -0.39 is 0 Å². The lowest BCUT2D eigenvalue weighted by Gasteiger charge is -2.10. The number of carbonyl (C=O) groups is 1. The molecule has 0 bridgehead atoms. The molecule has 0 aliphatic heterocycles. The number of rotatable bonds is 5. The second-order valence-corrected chi connectivity index (χ2v) is 4.60. The van der Waals surface area contributed by atoms with E-state index in [9.17, 15) is 4.79 Å². The van der Waals surface area contributed by atoms with E-state index in [2.05, 4.69) is 5.32 Å². The van der Waals surface area contributed by atoms with Crippen molar-refractivity contribution < 1.29 is 14.3 Å². The van der Waals surface area contributed by atoms with Crippen LogP contribution in [0.5, 0.6) is 11.5 Å². The molecular formula is C16H18N2O3. The molecule has 0 spiro atoms. The van der Waals surface area contributed by atoms with E-state index in [0.29, 0.717) is 22.9 Å². The third-order valence-electron chi connectivity index (χ3n) is 2.92. The standard InChI is InChI=1S/C16H18N2O3/c1-11-3-5-12(6-4-11)21-10-16(19)18-15-8-7-13(20-2)9-14(15)17/h3-9H,10,17H2,1-2H3,(H,18,19). The van der Waals surface area contributed by atoms with Crippen molar-refractivity contribution >= 4 is 17.3 Å². The predicted octanol–water partition coefficient (Wildman–Crippen LogP) is 2.60. The Hall–Kier alpha value is -2.69. The zero-order valence-corrected chi connectivity index (χ0v) is 12.1. The molecule has 0 aliphatic carbocycles. The van der Waals surface area contributed by atoms with Crippen LogP contribution in [-0.2, 0) is 4.79 Å². The number of ether oxygens (including phenoxy) is 2. The van der Waals surface area contributed by atoms with Crippen LogP contribution in [0, 0.1) is 6.92 Å². The Morgan fingerprint density at radius 2 is 1.81 bits per heavy atom. The van der Waals surface area contributed by atoms with Crippen molar-refractivity contribution in [2.24, 2.45) is 0 Å². The number of nitrogen functional groups attached to an aromatic ring is 1. The molecule has 0 saturated heterocycles. The maximum atomic E-state index is 11.8. The van der Waals surface area contributed by atoms with E-state index in [1.54, 1.807) is 25.3 Å². The number of carbonyl (C=O) groups excluding carboxylic acids is 1. The normalized spacial score (nSPS) is 10.0. The summed E-state index contributed by atoms with van der Waals surface area (Å²) in [7, 11) is 1.56. The number of nitrogens with one attached hydrogen (secondary N) is 1. The minimum atomic E-state index is -0.271. The first-order valence-corrected chi connectivity index (χ1v) is 6.51. The summed E-state index contributed by atoms with van der Waals surface area (Å²) in [6, 6.07) is 12.6. The Kier molecular flexibility index (Phi) is 4.66. The smallest absolute Gasteiger partial charge is 0.262 e. The topological polar surface area (TPSA) is 73.6 Å². The van der Waals surface area contributed by atoms with Crippen LogP contribution in [0.1, 0.15) is 5.56 Å². The number of benzene rings is 2. The summed E-state index contributed by atoms with van der Waals surface area (Å²) in [5, 5.41) is 2.70. The molecule has 2 aromatic rings. The average molecular weight is 286 g/mol.